The zero-order chi connectivity index (χ0) is 18.4. The van der Waals surface area contributed by atoms with E-state index in [1.165, 1.54) is 0 Å². The molecule has 0 atom stereocenters. The molecule has 3 nitrogen and oxygen atoms in total. The second-order valence-electron chi connectivity index (χ2n) is 7.24. The van der Waals surface area contributed by atoms with Crippen LogP contribution in [0.3, 0.4) is 0 Å². The molecule has 1 aromatic rings. The summed E-state index contributed by atoms with van der Waals surface area (Å²) in [5.41, 5.74) is 0.358. The van der Waals surface area contributed by atoms with Crippen molar-refractivity contribution in [3.05, 3.63) is 55.1 Å². The third-order valence-corrected chi connectivity index (χ3v) is 4.06. The average Bonchev–Trinajstić information content (AvgIpc) is 2.51. The number of amides is 1. The predicted octanol–water partition coefficient (Wildman–Crippen LogP) is 4.61. The van der Waals surface area contributed by atoms with Crippen LogP contribution < -0.4 is 4.90 Å². The highest BCUT2D eigenvalue weighted by molar-refractivity contribution is 6.00. The Bertz CT molecular complexity index is 574. The van der Waals surface area contributed by atoms with Crippen LogP contribution >= 0.6 is 0 Å². The monoisotopic (exact) mass is 329 g/mol. The fraction of sp³-hybridized carbons (Fsp3) is 0.476. The lowest BCUT2D eigenvalue weighted by Crippen LogP contribution is -2.49. The van der Waals surface area contributed by atoms with E-state index in [9.17, 15) is 9.90 Å². The van der Waals surface area contributed by atoms with Gasteiger partial charge < -0.3 is 10.0 Å². The smallest absolute Gasteiger partial charge is 0.259 e. The molecule has 0 unspecified atom stereocenters. The Balaban J connectivity index is 3.41. The van der Waals surface area contributed by atoms with Crippen molar-refractivity contribution in [2.24, 2.45) is 0 Å². The number of para-hydroxylation sites is 1. The Morgan fingerprint density at radius 2 is 1.71 bits per heavy atom. The van der Waals surface area contributed by atoms with Crippen molar-refractivity contribution in [2.45, 2.75) is 58.0 Å². The summed E-state index contributed by atoms with van der Waals surface area (Å²) >= 11 is 0. The number of carbonyl (C=O) groups excluding carboxylic acids is 1. The quantitative estimate of drug-likeness (QED) is 0.708. The van der Waals surface area contributed by atoms with Crippen LogP contribution in [-0.2, 0) is 10.2 Å². The standard InChI is InChI=1S/C21H31NO2/c1-7-14-21(24,15-8-2)19(23)22(16-9-3)18-13-11-10-12-17(18)20(4,5)6/h7-8,10-13,24H,1-2,9,14-16H2,3-6H3. The Morgan fingerprint density at radius 1 is 1.17 bits per heavy atom. The highest BCUT2D eigenvalue weighted by Crippen LogP contribution is 2.34. The lowest BCUT2D eigenvalue weighted by Gasteiger charge is -2.35. The maximum atomic E-state index is 13.2. The van der Waals surface area contributed by atoms with Crippen LogP contribution in [0.4, 0.5) is 5.69 Å². The molecule has 0 spiro atoms. The number of nitrogens with zero attached hydrogens (tertiary/aromatic N) is 1. The number of hydrogen-bond donors (Lipinski definition) is 1. The third kappa shape index (κ3) is 4.57. The zero-order valence-electron chi connectivity index (χ0n) is 15.5. The molecular formula is C21H31NO2. The van der Waals surface area contributed by atoms with Gasteiger partial charge in [-0.2, -0.15) is 0 Å². The summed E-state index contributed by atoms with van der Waals surface area (Å²) in [6, 6.07) is 7.92. The highest BCUT2D eigenvalue weighted by atomic mass is 16.3. The fourth-order valence-corrected chi connectivity index (χ4v) is 2.88. The average molecular weight is 329 g/mol. The van der Waals surface area contributed by atoms with Crippen LogP contribution in [0, 0.1) is 0 Å². The van der Waals surface area contributed by atoms with Crippen molar-refractivity contribution in [3.8, 4) is 0 Å². The molecule has 0 fully saturated rings. The van der Waals surface area contributed by atoms with Gasteiger partial charge in [-0.15, -0.1) is 13.2 Å². The first-order valence-electron chi connectivity index (χ1n) is 8.57. The molecule has 1 aromatic carbocycles. The molecule has 0 heterocycles. The molecule has 24 heavy (non-hydrogen) atoms. The van der Waals surface area contributed by atoms with Crippen molar-refractivity contribution >= 4 is 11.6 Å². The van der Waals surface area contributed by atoms with Gasteiger partial charge in [0, 0.05) is 25.1 Å². The molecule has 1 N–H and O–H groups in total. The molecule has 0 aliphatic rings. The normalized spacial score (nSPS) is 11.9. The SMILES string of the molecule is C=CCC(O)(CC=C)C(=O)N(CCC)c1ccccc1C(C)(C)C. The maximum Gasteiger partial charge on any atom is 0.259 e. The Hall–Kier alpha value is -1.87. The van der Waals surface area contributed by atoms with Crippen LogP contribution in [0.25, 0.3) is 0 Å². The summed E-state index contributed by atoms with van der Waals surface area (Å²) in [6.07, 6.45) is 4.39. The second-order valence-corrected chi connectivity index (χ2v) is 7.24. The first-order chi connectivity index (χ1) is 11.2. The van der Waals surface area contributed by atoms with Gasteiger partial charge in [-0.3, -0.25) is 4.79 Å². The van der Waals surface area contributed by atoms with Gasteiger partial charge in [0.05, 0.1) is 0 Å². The molecule has 1 rings (SSSR count). The van der Waals surface area contributed by atoms with E-state index in [1.807, 2.05) is 31.2 Å². The minimum absolute atomic E-state index is 0.0994. The van der Waals surface area contributed by atoms with Gasteiger partial charge in [-0.25, -0.2) is 0 Å². The summed E-state index contributed by atoms with van der Waals surface area (Å²) in [6.45, 7) is 16.3. The van der Waals surface area contributed by atoms with Crippen LogP contribution in [0.2, 0.25) is 0 Å². The minimum Gasteiger partial charge on any atom is -0.379 e. The summed E-state index contributed by atoms with van der Waals surface area (Å²) < 4.78 is 0. The Morgan fingerprint density at radius 3 is 2.17 bits per heavy atom. The first kappa shape index (κ1) is 20.2. The number of rotatable bonds is 8. The number of benzene rings is 1. The predicted molar refractivity (Wildman–Crippen MR) is 102 cm³/mol. The second kappa shape index (κ2) is 8.29. The maximum absolute atomic E-state index is 13.2. The lowest BCUT2D eigenvalue weighted by molar-refractivity contribution is -0.136. The fourth-order valence-electron chi connectivity index (χ4n) is 2.88. The van der Waals surface area contributed by atoms with Crippen molar-refractivity contribution in [2.75, 3.05) is 11.4 Å². The van der Waals surface area contributed by atoms with E-state index in [1.54, 1.807) is 17.1 Å². The van der Waals surface area contributed by atoms with E-state index in [2.05, 4.69) is 33.9 Å². The van der Waals surface area contributed by atoms with Gasteiger partial charge in [0.15, 0.2) is 5.60 Å². The molecule has 3 heteroatoms. The van der Waals surface area contributed by atoms with Gasteiger partial charge >= 0.3 is 0 Å². The van der Waals surface area contributed by atoms with Crippen molar-refractivity contribution in [1.82, 2.24) is 0 Å². The summed E-state index contributed by atoms with van der Waals surface area (Å²) in [4.78, 5) is 14.9. The topological polar surface area (TPSA) is 40.5 Å². The molecular weight excluding hydrogens is 298 g/mol. The molecule has 0 saturated heterocycles. The van der Waals surface area contributed by atoms with Gasteiger partial charge in [0.1, 0.15) is 0 Å². The van der Waals surface area contributed by atoms with E-state index in [4.69, 9.17) is 0 Å². The molecule has 132 valence electrons. The summed E-state index contributed by atoms with van der Waals surface area (Å²) in [5, 5.41) is 10.9. The third-order valence-electron chi connectivity index (χ3n) is 4.06. The van der Waals surface area contributed by atoms with Gasteiger partial charge in [-0.1, -0.05) is 58.0 Å². The number of carbonyl (C=O) groups is 1. The lowest BCUT2D eigenvalue weighted by atomic mass is 9.84. The summed E-state index contributed by atoms with van der Waals surface area (Å²) in [5.74, 6) is -0.291. The molecule has 1 amide bonds. The highest BCUT2D eigenvalue weighted by Gasteiger charge is 2.38. The van der Waals surface area contributed by atoms with Gasteiger partial charge in [0.2, 0.25) is 0 Å². The van der Waals surface area contributed by atoms with Crippen molar-refractivity contribution in [1.29, 1.82) is 0 Å². The number of aliphatic hydroxyl groups is 1. The van der Waals surface area contributed by atoms with Crippen molar-refractivity contribution in [3.63, 3.8) is 0 Å². The van der Waals surface area contributed by atoms with E-state index in [0.717, 1.165) is 17.7 Å². The minimum atomic E-state index is -1.50. The first-order valence-corrected chi connectivity index (χ1v) is 8.57. The number of hydrogen-bond acceptors (Lipinski definition) is 2. The van der Waals surface area contributed by atoms with Crippen LogP contribution in [0.15, 0.2) is 49.6 Å². The Kier molecular flexibility index (Phi) is 6.97. The molecule has 0 aliphatic heterocycles. The molecule has 0 saturated carbocycles. The van der Waals surface area contributed by atoms with E-state index >= 15 is 0 Å². The molecule has 0 aromatic heterocycles. The van der Waals surface area contributed by atoms with E-state index in [0.29, 0.717) is 6.54 Å². The molecule has 0 radical (unpaired) electrons. The zero-order valence-corrected chi connectivity index (χ0v) is 15.5. The van der Waals surface area contributed by atoms with E-state index < -0.39 is 5.60 Å². The molecule has 0 aliphatic carbocycles. The van der Waals surface area contributed by atoms with Crippen LogP contribution in [-0.4, -0.2) is 23.2 Å². The van der Waals surface area contributed by atoms with E-state index in [-0.39, 0.29) is 24.2 Å². The van der Waals surface area contributed by atoms with Crippen LogP contribution in [0.1, 0.15) is 52.5 Å². The van der Waals surface area contributed by atoms with Gasteiger partial charge in [-0.05, 0) is 23.5 Å². The van der Waals surface area contributed by atoms with Crippen molar-refractivity contribution < 1.29 is 9.90 Å². The largest absolute Gasteiger partial charge is 0.379 e. The summed E-state index contributed by atoms with van der Waals surface area (Å²) in [7, 11) is 0. The number of anilines is 1. The molecule has 0 bridgehead atoms. The van der Waals surface area contributed by atoms with Crippen LogP contribution in [0.5, 0.6) is 0 Å². The Labute approximate surface area is 146 Å². The van der Waals surface area contributed by atoms with Gasteiger partial charge in [0.25, 0.3) is 5.91 Å².